The van der Waals surface area contributed by atoms with Gasteiger partial charge in [0.05, 0.1) is 0 Å². The van der Waals surface area contributed by atoms with E-state index in [4.69, 9.17) is 5.73 Å². The Morgan fingerprint density at radius 2 is 1.84 bits per heavy atom. The third-order valence-corrected chi connectivity index (χ3v) is 6.12. The molecule has 0 spiro atoms. The van der Waals surface area contributed by atoms with Crippen molar-refractivity contribution < 1.29 is 0 Å². The summed E-state index contributed by atoms with van der Waals surface area (Å²) in [6.45, 7) is 11.8. The van der Waals surface area contributed by atoms with E-state index in [2.05, 4.69) is 30.6 Å². The van der Waals surface area contributed by atoms with Gasteiger partial charge in [0.2, 0.25) is 0 Å². The normalized spacial score (nSPS) is 45.8. The van der Waals surface area contributed by atoms with Crippen molar-refractivity contribution in [2.45, 2.75) is 64.1 Å². The van der Waals surface area contributed by atoms with Gasteiger partial charge in [-0.1, -0.05) is 13.8 Å². The lowest BCUT2D eigenvalue weighted by molar-refractivity contribution is 0.0351. The smallest absolute Gasteiger partial charge is 0.0473 e. The lowest BCUT2D eigenvalue weighted by Crippen LogP contribution is -2.59. The van der Waals surface area contributed by atoms with Gasteiger partial charge < -0.3 is 5.73 Å². The van der Waals surface area contributed by atoms with Crippen molar-refractivity contribution >= 4 is 0 Å². The van der Waals surface area contributed by atoms with E-state index >= 15 is 0 Å². The van der Waals surface area contributed by atoms with Crippen LogP contribution in [0.2, 0.25) is 0 Å². The van der Waals surface area contributed by atoms with E-state index in [1.54, 1.807) is 0 Å². The van der Waals surface area contributed by atoms with Gasteiger partial charge >= 0.3 is 0 Å². The summed E-state index contributed by atoms with van der Waals surface area (Å²) < 4.78 is 0. The maximum absolute atomic E-state index is 6.26. The van der Waals surface area contributed by atoms with Crippen LogP contribution in [0.25, 0.3) is 0 Å². The van der Waals surface area contributed by atoms with Crippen LogP contribution < -0.4 is 5.73 Å². The minimum absolute atomic E-state index is 0.274. The Bertz CT molecular complexity index is 328. The third-order valence-electron chi connectivity index (χ3n) is 6.12. The SMILES string of the molecule is CC1CCN(C2(CN)CC(C)N(C3CC3)C2)CC1C. The molecule has 0 aromatic carbocycles. The molecule has 4 atom stereocenters. The lowest BCUT2D eigenvalue weighted by Gasteiger charge is -2.46. The van der Waals surface area contributed by atoms with E-state index in [1.165, 1.54) is 45.3 Å². The molecule has 0 aromatic heterocycles. The predicted molar refractivity (Wildman–Crippen MR) is 80.1 cm³/mol. The number of likely N-dealkylation sites (tertiary alicyclic amines) is 2. The Kier molecular flexibility index (Phi) is 3.65. The molecule has 4 unspecified atom stereocenters. The fraction of sp³-hybridized carbons (Fsp3) is 1.00. The van der Waals surface area contributed by atoms with Gasteiger partial charge in [-0.05, 0) is 51.0 Å². The first-order valence-corrected chi connectivity index (χ1v) is 8.26. The van der Waals surface area contributed by atoms with Gasteiger partial charge in [0.25, 0.3) is 0 Å². The maximum atomic E-state index is 6.26. The van der Waals surface area contributed by atoms with Crippen molar-refractivity contribution in [1.29, 1.82) is 0 Å². The van der Waals surface area contributed by atoms with Crippen LogP contribution in [0.5, 0.6) is 0 Å². The van der Waals surface area contributed by atoms with Gasteiger partial charge in [-0.15, -0.1) is 0 Å². The largest absolute Gasteiger partial charge is 0.329 e. The first kappa shape index (κ1) is 13.8. The molecular weight excluding hydrogens is 234 g/mol. The molecule has 0 aromatic rings. The van der Waals surface area contributed by atoms with Gasteiger partial charge in [-0.3, -0.25) is 9.80 Å². The van der Waals surface area contributed by atoms with E-state index in [1.807, 2.05) is 0 Å². The third kappa shape index (κ3) is 2.45. The highest BCUT2D eigenvalue weighted by atomic mass is 15.3. The summed E-state index contributed by atoms with van der Waals surface area (Å²) in [5.41, 5.74) is 6.53. The first-order valence-electron chi connectivity index (χ1n) is 8.26. The van der Waals surface area contributed by atoms with Crippen molar-refractivity contribution in [3.63, 3.8) is 0 Å². The highest BCUT2D eigenvalue weighted by molar-refractivity contribution is 5.07. The van der Waals surface area contributed by atoms with E-state index in [9.17, 15) is 0 Å². The second-order valence-corrected chi connectivity index (χ2v) is 7.57. The van der Waals surface area contributed by atoms with Crippen LogP contribution in [0.15, 0.2) is 0 Å². The summed E-state index contributed by atoms with van der Waals surface area (Å²) >= 11 is 0. The number of hydrogen-bond acceptors (Lipinski definition) is 3. The molecule has 3 fully saturated rings. The van der Waals surface area contributed by atoms with Crippen LogP contribution in [0.3, 0.4) is 0 Å². The van der Waals surface area contributed by atoms with Gasteiger partial charge in [0, 0.05) is 37.3 Å². The minimum Gasteiger partial charge on any atom is -0.329 e. The predicted octanol–water partition coefficient (Wildman–Crippen LogP) is 1.92. The second kappa shape index (κ2) is 5.01. The van der Waals surface area contributed by atoms with Crippen LogP contribution in [-0.4, -0.2) is 53.6 Å². The molecule has 2 saturated heterocycles. The second-order valence-electron chi connectivity index (χ2n) is 7.57. The summed E-state index contributed by atoms with van der Waals surface area (Å²) in [6, 6.07) is 1.61. The van der Waals surface area contributed by atoms with Gasteiger partial charge in [0.1, 0.15) is 0 Å². The van der Waals surface area contributed by atoms with Crippen LogP contribution in [0.1, 0.15) is 46.5 Å². The summed E-state index contributed by atoms with van der Waals surface area (Å²) in [6.07, 6.45) is 5.46. The number of rotatable bonds is 3. The first-order chi connectivity index (χ1) is 9.05. The molecule has 110 valence electrons. The van der Waals surface area contributed by atoms with Crippen LogP contribution >= 0.6 is 0 Å². The quantitative estimate of drug-likeness (QED) is 0.846. The van der Waals surface area contributed by atoms with Crippen LogP contribution in [0.4, 0.5) is 0 Å². The topological polar surface area (TPSA) is 32.5 Å². The molecule has 0 amide bonds. The van der Waals surface area contributed by atoms with E-state index in [-0.39, 0.29) is 5.54 Å². The average molecular weight is 265 g/mol. The summed E-state index contributed by atoms with van der Waals surface area (Å²) in [5.74, 6) is 1.70. The van der Waals surface area contributed by atoms with Crippen molar-refractivity contribution in [2.24, 2.45) is 17.6 Å². The van der Waals surface area contributed by atoms with E-state index in [0.717, 1.165) is 30.5 Å². The molecule has 2 N–H and O–H groups in total. The zero-order valence-corrected chi connectivity index (χ0v) is 12.9. The Hall–Kier alpha value is -0.120. The Labute approximate surface area is 118 Å². The zero-order valence-electron chi connectivity index (χ0n) is 12.9. The molecule has 2 heterocycles. The summed E-state index contributed by atoms with van der Waals surface area (Å²) in [4.78, 5) is 5.49. The monoisotopic (exact) mass is 265 g/mol. The van der Waals surface area contributed by atoms with Crippen molar-refractivity contribution in [2.75, 3.05) is 26.2 Å². The van der Waals surface area contributed by atoms with Crippen LogP contribution in [0, 0.1) is 11.8 Å². The highest BCUT2D eigenvalue weighted by Gasteiger charge is 2.50. The van der Waals surface area contributed by atoms with Crippen molar-refractivity contribution in [3.05, 3.63) is 0 Å². The number of nitrogens with two attached hydrogens (primary N) is 1. The number of nitrogens with zero attached hydrogens (tertiary/aromatic N) is 2. The highest BCUT2D eigenvalue weighted by Crippen LogP contribution is 2.41. The fourth-order valence-electron chi connectivity index (χ4n) is 4.32. The van der Waals surface area contributed by atoms with Crippen molar-refractivity contribution in [1.82, 2.24) is 9.80 Å². The van der Waals surface area contributed by atoms with E-state index in [0.29, 0.717) is 0 Å². The van der Waals surface area contributed by atoms with Crippen LogP contribution in [-0.2, 0) is 0 Å². The van der Waals surface area contributed by atoms with Crippen molar-refractivity contribution in [3.8, 4) is 0 Å². The Balaban J connectivity index is 1.72. The lowest BCUT2D eigenvalue weighted by atomic mass is 9.84. The summed E-state index contributed by atoms with van der Waals surface area (Å²) in [5, 5.41) is 0. The molecule has 1 aliphatic carbocycles. The molecule has 3 nitrogen and oxygen atoms in total. The minimum atomic E-state index is 0.274. The van der Waals surface area contributed by atoms with Gasteiger partial charge in [-0.2, -0.15) is 0 Å². The molecule has 0 radical (unpaired) electrons. The molecule has 2 aliphatic heterocycles. The average Bonchev–Trinajstić information content (AvgIpc) is 3.17. The molecule has 1 saturated carbocycles. The molecule has 19 heavy (non-hydrogen) atoms. The zero-order chi connectivity index (χ0) is 13.6. The number of hydrogen-bond donors (Lipinski definition) is 1. The molecule has 3 aliphatic rings. The molecule has 3 heteroatoms. The van der Waals surface area contributed by atoms with Gasteiger partial charge in [-0.25, -0.2) is 0 Å². The van der Waals surface area contributed by atoms with Gasteiger partial charge in [0.15, 0.2) is 0 Å². The molecule has 3 rings (SSSR count). The summed E-state index contributed by atoms with van der Waals surface area (Å²) in [7, 11) is 0. The standard InChI is InChI=1S/C16H31N3/c1-12-6-7-18(9-13(12)2)16(10-17)8-14(3)19(11-16)15-4-5-15/h12-15H,4-11,17H2,1-3H3. The van der Waals surface area contributed by atoms with E-state index < -0.39 is 0 Å². The maximum Gasteiger partial charge on any atom is 0.0473 e. The Morgan fingerprint density at radius 1 is 1.11 bits per heavy atom. The number of piperidine rings is 1. The molecular formula is C16H31N3. The fourth-order valence-corrected chi connectivity index (χ4v) is 4.32. The molecule has 0 bridgehead atoms. The Morgan fingerprint density at radius 3 is 2.42 bits per heavy atom.